The van der Waals surface area contributed by atoms with E-state index in [1.807, 2.05) is 0 Å². The smallest absolute Gasteiger partial charge is 0.428 e. The standard InChI is InChI=1S/C9H9BrFNO4S/c1-16-9(13)12(17(2,14)15)8-4-3-6(11)5-7(8)10/h3-5H,1-2H3. The number of halogens is 2. The molecule has 0 N–H and O–H groups in total. The molecule has 0 fully saturated rings. The van der Waals surface area contributed by atoms with Gasteiger partial charge in [-0.2, -0.15) is 4.31 Å². The number of ether oxygens (including phenoxy) is 1. The Morgan fingerprint density at radius 1 is 1.47 bits per heavy atom. The number of carbonyl (C=O) groups is 1. The van der Waals surface area contributed by atoms with Crippen LogP contribution in [-0.2, 0) is 14.8 Å². The first-order chi connectivity index (χ1) is 7.77. The van der Waals surface area contributed by atoms with E-state index in [1.165, 1.54) is 0 Å². The topological polar surface area (TPSA) is 63.7 Å². The lowest BCUT2D eigenvalue weighted by Crippen LogP contribution is -2.36. The number of nitrogens with zero attached hydrogens (tertiary/aromatic N) is 1. The van der Waals surface area contributed by atoms with Gasteiger partial charge in [0, 0.05) is 4.47 Å². The number of methoxy groups -OCH3 is 1. The molecule has 0 saturated carbocycles. The zero-order chi connectivity index (χ0) is 13.2. The van der Waals surface area contributed by atoms with Gasteiger partial charge >= 0.3 is 6.09 Å². The number of carbonyl (C=O) groups excluding carboxylic acids is 1. The van der Waals surface area contributed by atoms with Crippen LogP contribution in [0.3, 0.4) is 0 Å². The molecule has 1 aromatic rings. The molecule has 0 aliphatic heterocycles. The van der Waals surface area contributed by atoms with Crippen LogP contribution in [0, 0.1) is 5.82 Å². The molecule has 0 spiro atoms. The summed E-state index contributed by atoms with van der Waals surface area (Å²) in [6.45, 7) is 0. The highest BCUT2D eigenvalue weighted by Gasteiger charge is 2.28. The summed E-state index contributed by atoms with van der Waals surface area (Å²) in [5.41, 5.74) is -0.0132. The number of hydrogen-bond acceptors (Lipinski definition) is 4. The molecule has 94 valence electrons. The Hall–Kier alpha value is -1.15. The van der Waals surface area contributed by atoms with Gasteiger partial charge in [0.25, 0.3) is 0 Å². The monoisotopic (exact) mass is 325 g/mol. The minimum absolute atomic E-state index is 0.0132. The quantitative estimate of drug-likeness (QED) is 0.835. The summed E-state index contributed by atoms with van der Waals surface area (Å²) in [4.78, 5) is 11.4. The van der Waals surface area contributed by atoms with E-state index < -0.39 is 21.9 Å². The van der Waals surface area contributed by atoms with E-state index in [0.29, 0.717) is 4.31 Å². The molecular formula is C9H9BrFNO4S. The molecule has 0 aliphatic rings. The highest BCUT2D eigenvalue weighted by molar-refractivity contribution is 9.10. The average molecular weight is 326 g/mol. The van der Waals surface area contributed by atoms with E-state index in [-0.39, 0.29) is 10.2 Å². The number of anilines is 1. The van der Waals surface area contributed by atoms with Crippen LogP contribution in [0.1, 0.15) is 0 Å². The Bertz CT molecular complexity index is 546. The van der Waals surface area contributed by atoms with Crippen molar-refractivity contribution in [2.24, 2.45) is 0 Å². The number of benzene rings is 1. The highest BCUT2D eigenvalue weighted by atomic mass is 79.9. The second-order valence-electron chi connectivity index (χ2n) is 3.09. The number of hydrogen-bond donors (Lipinski definition) is 0. The molecule has 5 nitrogen and oxygen atoms in total. The Balaban J connectivity index is 3.38. The Morgan fingerprint density at radius 2 is 2.06 bits per heavy atom. The third-order valence-corrected chi connectivity index (χ3v) is 3.44. The van der Waals surface area contributed by atoms with E-state index in [1.54, 1.807) is 0 Å². The third kappa shape index (κ3) is 3.16. The van der Waals surface area contributed by atoms with Gasteiger partial charge < -0.3 is 4.74 Å². The minimum atomic E-state index is -3.86. The van der Waals surface area contributed by atoms with E-state index >= 15 is 0 Å². The maximum atomic E-state index is 12.9. The van der Waals surface area contributed by atoms with Crippen molar-refractivity contribution in [3.05, 3.63) is 28.5 Å². The van der Waals surface area contributed by atoms with Gasteiger partial charge in [-0.1, -0.05) is 0 Å². The van der Waals surface area contributed by atoms with Gasteiger partial charge in [0.15, 0.2) is 0 Å². The van der Waals surface area contributed by atoms with Gasteiger partial charge in [0.05, 0.1) is 19.1 Å². The second-order valence-corrected chi connectivity index (χ2v) is 5.78. The van der Waals surface area contributed by atoms with Crippen LogP contribution < -0.4 is 4.31 Å². The van der Waals surface area contributed by atoms with Crippen LogP contribution in [0.5, 0.6) is 0 Å². The summed E-state index contributed by atoms with van der Waals surface area (Å²) in [5, 5.41) is 0. The fraction of sp³-hybridized carbons (Fsp3) is 0.222. The lowest BCUT2D eigenvalue weighted by atomic mass is 10.3. The Kier molecular flexibility index (Phi) is 4.10. The molecule has 0 radical (unpaired) electrons. The SMILES string of the molecule is COC(=O)N(c1ccc(F)cc1Br)S(C)(=O)=O. The Labute approximate surface area is 106 Å². The van der Waals surface area contributed by atoms with Crippen molar-refractivity contribution in [2.45, 2.75) is 0 Å². The summed E-state index contributed by atoms with van der Waals surface area (Å²) in [6, 6.07) is 3.26. The minimum Gasteiger partial charge on any atom is -0.452 e. The summed E-state index contributed by atoms with van der Waals surface area (Å²) < 4.78 is 40.8. The predicted molar refractivity (Wildman–Crippen MR) is 63.8 cm³/mol. The Morgan fingerprint density at radius 3 is 2.47 bits per heavy atom. The van der Waals surface area contributed by atoms with E-state index in [2.05, 4.69) is 20.7 Å². The zero-order valence-electron chi connectivity index (χ0n) is 8.98. The van der Waals surface area contributed by atoms with Gasteiger partial charge in [0.1, 0.15) is 5.82 Å². The van der Waals surface area contributed by atoms with Crippen LogP contribution in [0.25, 0.3) is 0 Å². The molecule has 0 heterocycles. The summed E-state index contributed by atoms with van der Waals surface area (Å²) in [7, 11) is -2.80. The molecule has 1 rings (SSSR count). The van der Waals surface area contributed by atoms with Gasteiger partial charge in [-0.3, -0.25) is 0 Å². The van der Waals surface area contributed by atoms with Gasteiger partial charge in [0.2, 0.25) is 10.0 Å². The lowest BCUT2D eigenvalue weighted by Gasteiger charge is -2.19. The van der Waals surface area contributed by atoms with Gasteiger partial charge in [-0.15, -0.1) is 0 Å². The molecule has 0 atom stereocenters. The van der Waals surface area contributed by atoms with Crippen LogP contribution in [0.15, 0.2) is 22.7 Å². The molecule has 0 saturated heterocycles. The third-order valence-electron chi connectivity index (χ3n) is 1.80. The highest BCUT2D eigenvalue weighted by Crippen LogP contribution is 2.29. The first kappa shape index (κ1) is 13.9. The molecule has 0 unspecified atom stereocenters. The summed E-state index contributed by atoms with van der Waals surface area (Å²) >= 11 is 2.98. The van der Waals surface area contributed by atoms with Gasteiger partial charge in [-0.25, -0.2) is 17.6 Å². The number of amides is 1. The fourth-order valence-electron chi connectivity index (χ4n) is 1.14. The van der Waals surface area contributed by atoms with Crippen LogP contribution in [-0.4, -0.2) is 27.9 Å². The predicted octanol–water partition coefficient (Wildman–Crippen LogP) is 2.12. The molecule has 1 aromatic carbocycles. The summed E-state index contributed by atoms with van der Waals surface area (Å²) in [6.07, 6.45) is -0.223. The zero-order valence-corrected chi connectivity index (χ0v) is 11.4. The second kappa shape index (κ2) is 5.01. The van der Waals surface area contributed by atoms with Crippen molar-refractivity contribution in [1.82, 2.24) is 0 Å². The largest absolute Gasteiger partial charge is 0.452 e. The maximum absolute atomic E-state index is 12.9. The van der Waals surface area contributed by atoms with Crippen molar-refractivity contribution < 1.29 is 22.3 Å². The fourth-order valence-corrected chi connectivity index (χ4v) is 2.65. The van der Waals surface area contributed by atoms with Crippen LogP contribution >= 0.6 is 15.9 Å². The molecular weight excluding hydrogens is 317 g/mol. The molecule has 1 amide bonds. The first-order valence-corrected chi connectivity index (χ1v) is 6.95. The van der Waals surface area contributed by atoms with Crippen LogP contribution in [0.2, 0.25) is 0 Å². The van der Waals surface area contributed by atoms with Crippen molar-refractivity contribution >= 4 is 37.7 Å². The van der Waals surface area contributed by atoms with E-state index in [9.17, 15) is 17.6 Å². The lowest BCUT2D eigenvalue weighted by molar-refractivity contribution is 0.183. The van der Waals surface area contributed by atoms with Crippen molar-refractivity contribution in [3.63, 3.8) is 0 Å². The van der Waals surface area contributed by atoms with Crippen molar-refractivity contribution in [1.29, 1.82) is 0 Å². The number of sulfonamides is 1. The molecule has 0 aromatic heterocycles. The average Bonchev–Trinajstić information content (AvgIpc) is 2.19. The molecule has 17 heavy (non-hydrogen) atoms. The van der Waals surface area contributed by atoms with Crippen molar-refractivity contribution in [3.8, 4) is 0 Å². The van der Waals surface area contributed by atoms with Crippen LogP contribution in [0.4, 0.5) is 14.9 Å². The summed E-state index contributed by atoms with van der Waals surface area (Å²) in [5.74, 6) is -0.557. The molecule has 8 heteroatoms. The van der Waals surface area contributed by atoms with Crippen molar-refractivity contribution in [2.75, 3.05) is 17.7 Å². The van der Waals surface area contributed by atoms with E-state index in [0.717, 1.165) is 31.6 Å². The van der Waals surface area contributed by atoms with Gasteiger partial charge in [-0.05, 0) is 34.1 Å². The maximum Gasteiger partial charge on any atom is 0.428 e. The molecule has 0 bridgehead atoms. The normalized spacial score (nSPS) is 11.1. The number of rotatable bonds is 2. The molecule has 0 aliphatic carbocycles. The van der Waals surface area contributed by atoms with E-state index in [4.69, 9.17) is 0 Å². The first-order valence-electron chi connectivity index (χ1n) is 4.30.